The summed E-state index contributed by atoms with van der Waals surface area (Å²) < 4.78 is 81.8. The first kappa shape index (κ1) is 30.3. The number of nitrogens with zero attached hydrogens (tertiary/aromatic N) is 7. The van der Waals surface area contributed by atoms with Crippen LogP contribution in [0.5, 0.6) is 5.75 Å². The summed E-state index contributed by atoms with van der Waals surface area (Å²) in [5.74, 6) is -0.293. The van der Waals surface area contributed by atoms with Gasteiger partial charge in [0, 0.05) is 55.0 Å². The average Bonchev–Trinajstić information content (AvgIpc) is 3.55. The molecule has 4 heterocycles. The van der Waals surface area contributed by atoms with Crippen molar-refractivity contribution < 1.29 is 31.4 Å². The van der Waals surface area contributed by atoms with E-state index < -0.39 is 24.4 Å². The van der Waals surface area contributed by atoms with Crippen LogP contribution in [0, 0.1) is 18.6 Å². The van der Waals surface area contributed by atoms with Crippen LogP contribution < -0.4 is 10.1 Å². The van der Waals surface area contributed by atoms with E-state index in [-0.39, 0.29) is 55.8 Å². The van der Waals surface area contributed by atoms with Crippen molar-refractivity contribution in [2.24, 2.45) is 0 Å². The highest BCUT2D eigenvalue weighted by atomic mass is 19.4. The number of halogens is 5. The van der Waals surface area contributed by atoms with E-state index in [1.165, 1.54) is 16.7 Å². The molecule has 1 aliphatic heterocycles. The number of benzene rings is 2. The SMILES string of the molecule is COCCOc1cc(F)c(Cn2nc(-c3nc4c(c(Nc5ccnc(C)n5)n3)CN(CC(F)(F)F)C4)c3ccccc32)c(F)c1. The van der Waals surface area contributed by atoms with E-state index in [9.17, 15) is 13.2 Å². The molecular weight excluding hydrogens is 599 g/mol. The van der Waals surface area contributed by atoms with Crippen LogP contribution in [0.2, 0.25) is 0 Å². The summed E-state index contributed by atoms with van der Waals surface area (Å²) in [4.78, 5) is 19.0. The van der Waals surface area contributed by atoms with Gasteiger partial charge in [0.1, 0.15) is 47.1 Å². The molecule has 15 heteroatoms. The van der Waals surface area contributed by atoms with Crippen molar-refractivity contribution in [3.05, 3.63) is 82.9 Å². The summed E-state index contributed by atoms with van der Waals surface area (Å²) in [6.45, 7) is 0.634. The molecule has 6 rings (SSSR count). The molecule has 1 aliphatic rings. The second kappa shape index (κ2) is 12.3. The molecule has 1 N–H and O–H groups in total. The van der Waals surface area contributed by atoms with Crippen molar-refractivity contribution in [3.8, 4) is 17.3 Å². The van der Waals surface area contributed by atoms with Gasteiger partial charge >= 0.3 is 6.18 Å². The standard InChI is InChI=1S/C30H27F5N8O2/c1-17-36-8-7-26(37-17)39-28-21-13-42(16-30(33,34)35)15-24(21)38-29(40-28)27-19-5-3-4-6-25(19)43(41-27)14-20-22(31)11-18(12-23(20)32)45-10-9-44-2/h3-8,11-12H,9-10,13-16H2,1-2H3,(H,36,37,38,39,40). The predicted molar refractivity (Wildman–Crippen MR) is 154 cm³/mol. The molecule has 234 valence electrons. The Bertz CT molecular complexity index is 1840. The second-order valence-electron chi connectivity index (χ2n) is 10.4. The lowest BCUT2D eigenvalue weighted by molar-refractivity contribution is -0.147. The van der Waals surface area contributed by atoms with Crippen molar-refractivity contribution in [1.29, 1.82) is 0 Å². The van der Waals surface area contributed by atoms with E-state index >= 15 is 8.78 Å². The molecule has 0 unspecified atom stereocenters. The number of hydrogen-bond donors (Lipinski definition) is 1. The van der Waals surface area contributed by atoms with Gasteiger partial charge in [0.15, 0.2) is 5.82 Å². The molecule has 5 aromatic rings. The molecule has 10 nitrogen and oxygen atoms in total. The predicted octanol–water partition coefficient (Wildman–Crippen LogP) is 5.56. The summed E-state index contributed by atoms with van der Waals surface area (Å²) in [5.41, 5.74) is 1.52. The van der Waals surface area contributed by atoms with Gasteiger partial charge in [-0.3, -0.25) is 9.58 Å². The van der Waals surface area contributed by atoms with Gasteiger partial charge in [0.05, 0.1) is 30.9 Å². The van der Waals surface area contributed by atoms with E-state index in [0.29, 0.717) is 39.5 Å². The largest absolute Gasteiger partial charge is 0.491 e. The number of aromatic nitrogens is 6. The van der Waals surface area contributed by atoms with E-state index in [0.717, 1.165) is 12.1 Å². The fourth-order valence-electron chi connectivity index (χ4n) is 5.16. The number of anilines is 2. The Morgan fingerprint density at radius 2 is 1.76 bits per heavy atom. The molecule has 0 saturated carbocycles. The first-order chi connectivity index (χ1) is 21.6. The molecule has 0 spiro atoms. The maximum Gasteiger partial charge on any atom is 0.401 e. The second-order valence-corrected chi connectivity index (χ2v) is 10.4. The van der Waals surface area contributed by atoms with E-state index in [1.54, 1.807) is 43.5 Å². The number of ether oxygens (including phenoxy) is 2. The van der Waals surface area contributed by atoms with Crippen LogP contribution >= 0.6 is 0 Å². The Morgan fingerprint density at radius 1 is 0.978 bits per heavy atom. The molecule has 45 heavy (non-hydrogen) atoms. The number of para-hydroxylation sites is 1. The highest BCUT2D eigenvalue weighted by Crippen LogP contribution is 2.35. The summed E-state index contributed by atoms with van der Waals surface area (Å²) in [5, 5.41) is 8.35. The van der Waals surface area contributed by atoms with Crippen LogP contribution in [0.15, 0.2) is 48.7 Å². The molecule has 0 amide bonds. The Morgan fingerprint density at radius 3 is 2.49 bits per heavy atom. The quantitative estimate of drug-likeness (QED) is 0.158. The van der Waals surface area contributed by atoms with Crippen LogP contribution in [-0.4, -0.2) is 67.7 Å². The minimum Gasteiger partial charge on any atom is -0.491 e. The number of methoxy groups -OCH3 is 1. The third-order valence-corrected chi connectivity index (χ3v) is 7.12. The Labute approximate surface area is 253 Å². The zero-order valence-electron chi connectivity index (χ0n) is 24.2. The van der Waals surface area contributed by atoms with Crippen LogP contribution in [0.25, 0.3) is 22.4 Å². The number of nitrogens with one attached hydrogen (secondary N) is 1. The van der Waals surface area contributed by atoms with Gasteiger partial charge in [-0.2, -0.15) is 18.3 Å². The summed E-state index contributed by atoms with van der Waals surface area (Å²) in [6, 6.07) is 10.9. The first-order valence-corrected chi connectivity index (χ1v) is 13.9. The van der Waals surface area contributed by atoms with Crippen molar-refractivity contribution in [3.63, 3.8) is 0 Å². The average molecular weight is 627 g/mol. The Kier molecular flexibility index (Phi) is 8.29. The third-order valence-electron chi connectivity index (χ3n) is 7.12. The normalized spacial score (nSPS) is 13.4. The van der Waals surface area contributed by atoms with Crippen molar-refractivity contribution in [1.82, 2.24) is 34.6 Å². The number of alkyl halides is 3. The number of hydrogen-bond acceptors (Lipinski definition) is 9. The van der Waals surface area contributed by atoms with Crippen LogP contribution in [0.3, 0.4) is 0 Å². The number of aryl methyl sites for hydroxylation is 1. The highest BCUT2D eigenvalue weighted by Gasteiger charge is 2.35. The lowest BCUT2D eigenvalue weighted by Gasteiger charge is -2.16. The fourth-order valence-corrected chi connectivity index (χ4v) is 5.16. The molecule has 0 aliphatic carbocycles. The number of fused-ring (bicyclic) bond motifs is 2. The van der Waals surface area contributed by atoms with Crippen LogP contribution in [0.1, 0.15) is 22.6 Å². The monoisotopic (exact) mass is 626 g/mol. The molecule has 0 fully saturated rings. The molecule has 2 aromatic carbocycles. The summed E-state index contributed by atoms with van der Waals surface area (Å²) in [7, 11) is 1.49. The Hall–Kier alpha value is -4.76. The van der Waals surface area contributed by atoms with Crippen molar-refractivity contribution in [2.75, 3.05) is 32.2 Å². The minimum absolute atomic E-state index is 0.0273. The first-order valence-electron chi connectivity index (χ1n) is 13.9. The van der Waals surface area contributed by atoms with Crippen LogP contribution in [0.4, 0.5) is 33.6 Å². The molecule has 0 bridgehead atoms. The van der Waals surface area contributed by atoms with Gasteiger partial charge in [-0.25, -0.2) is 28.7 Å². The topological polar surface area (TPSA) is 103 Å². The van der Waals surface area contributed by atoms with Crippen LogP contribution in [-0.2, 0) is 24.4 Å². The van der Waals surface area contributed by atoms with E-state index in [2.05, 4.69) is 30.4 Å². The maximum absolute atomic E-state index is 15.1. The van der Waals surface area contributed by atoms with Gasteiger partial charge in [-0.15, -0.1) is 0 Å². The Balaban J connectivity index is 1.39. The van der Waals surface area contributed by atoms with Gasteiger partial charge in [0.2, 0.25) is 0 Å². The molecule has 0 saturated heterocycles. The van der Waals surface area contributed by atoms with Gasteiger partial charge in [0.25, 0.3) is 0 Å². The third kappa shape index (κ3) is 6.68. The summed E-state index contributed by atoms with van der Waals surface area (Å²) >= 11 is 0. The maximum atomic E-state index is 15.1. The minimum atomic E-state index is -4.40. The zero-order valence-corrected chi connectivity index (χ0v) is 24.2. The van der Waals surface area contributed by atoms with Gasteiger partial charge in [-0.05, 0) is 19.1 Å². The fraction of sp³-hybridized carbons (Fsp3) is 0.300. The number of rotatable bonds is 10. The summed E-state index contributed by atoms with van der Waals surface area (Å²) in [6.07, 6.45) is -2.85. The van der Waals surface area contributed by atoms with Gasteiger partial charge in [-0.1, -0.05) is 18.2 Å². The molecule has 0 radical (unpaired) electrons. The molecular formula is C30H27F5N8O2. The highest BCUT2D eigenvalue weighted by molar-refractivity contribution is 5.92. The lowest BCUT2D eigenvalue weighted by atomic mass is 10.1. The lowest BCUT2D eigenvalue weighted by Crippen LogP contribution is -2.30. The smallest absolute Gasteiger partial charge is 0.401 e. The molecule has 3 aromatic heterocycles. The van der Waals surface area contributed by atoms with E-state index in [1.807, 2.05) is 0 Å². The van der Waals surface area contributed by atoms with Crippen molar-refractivity contribution in [2.45, 2.75) is 32.7 Å². The zero-order chi connectivity index (χ0) is 31.7. The molecule has 0 atom stereocenters. The van der Waals surface area contributed by atoms with Gasteiger partial charge < -0.3 is 14.8 Å². The van der Waals surface area contributed by atoms with E-state index in [4.69, 9.17) is 9.47 Å². The van der Waals surface area contributed by atoms with Crippen molar-refractivity contribution >= 4 is 22.5 Å².